The number of ether oxygens (including phenoxy) is 1. The van der Waals surface area contributed by atoms with E-state index in [9.17, 15) is 8.42 Å². The SMILES string of the molecule is COc1ccc(S(=O)(=O)Nc2ccc3[nH]ncc3c2)cc1. The van der Waals surface area contributed by atoms with E-state index >= 15 is 0 Å². The highest BCUT2D eigenvalue weighted by Gasteiger charge is 2.14. The van der Waals surface area contributed by atoms with Gasteiger partial charge in [-0.3, -0.25) is 9.82 Å². The molecule has 0 fully saturated rings. The Kier molecular flexibility index (Phi) is 3.26. The molecule has 108 valence electrons. The summed E-state index contributed by atoms with van der Waals surface area (Å²) in [6, 6.07) is 11.4. The molecule has 0 aliphatic rings. The number of aromatic nitrogens is 2. The number of H-pyrrole nitrogens is 1. The molecule has 0 unspecified atom stereocenters. The molecule has 7 heteroatoms. The topological polar surface area (TPSA) is 84.1 Å². The Balaban J connectivity index is 1.90. The molecule has 1 heterocycles. The molecule has 6 nitrogen and oxygen atoms in total. The van der Waals surface area contributed by atoms with Crippen molar-refractivity contribution in [2.75, 3.05) is 11.8 Å². The maximum atomic E-state index is 12.3. The van der Waals surface area contributed by atoms with E-state index in [2.05, 4.69) is 14.9 Å². The van der Waals surface area contributed by atoms with Gasteiger partial charge in [-0.05, 0) is 42.5 Å². The van der Waals surface area contributed by atoms with Gasteiger partial charge in [0.1, 0.15) is 5.75 Å². The first-order valence-electron chi connectivity index (χ1n) is 6.18. The predicted molar refractivity (Wildman–Crippen MR) is 79.9 cm³/mol. The number of aromatic amines is 1. The van der Waals surface area contributed by atoms with E-state index in [1.807, 2.05) is 0 Å². The highest BCUT2D eigenvalue weighted by Crippen LogP contribution is 2.21. The fraction of sp³-hybridized carbons (Fsp3) is 0.0714. The Labute approximate surface area is 121 Å². The van der Waals surface area contributed by atoms with E-state index in [1.54, 1.807) is 36.5 Å². The number of nitrogens with one attached hydrogen (secondary N) is 2. The molecule has 0 atom stereocenters. The lowest BCUT2D eigenvalue weighted by Crippen LogP contribution is -2.12. The Hall–Kier alpha value is -2.54. The molecule has 0 bridgehead atoms. The third-order valence-corrected chi connectivity index (χ3v) is 4.46. The van der Waals surface area contributed by atoms with Crippen LogP contribution in [0.4, 0.5) is 5.69 Å². The summed E-state index contributed by atoms with van der Waals surface area (Å²) in [7, 11) is -2.10. The summed E-state index contributed by atoms with van der Waals surface area (Å²) in [5, 5.41) is 7.55. The molecular formula is C14H13N3O3S. The molecule has 0 spiro atoms. The third kappa shape index (κ3) is 2.68. The molecule has 0 saturated carbocycles. The first-order chi connectivity index (χ1) is 10.1. The van der Waals surface area contributed by atoms with Gasteiger partial charge in [0.05, 0.1) is 23.7 Å². The van der Waals surface area contributed by atoms with Gasteiger partial charge in [0, 0.05) is 11.1 Å². The first kappa shape index (κ1) is 13.4. The van der Waals surface area contributed by atoms with E-state index in [4.69, 9.17) is 4.74 Å². The lowest BCUT2D eigenvalue weighted by molar-refractivity contribution is 0.414. The van der Waals surface area contributed by atoms with E-state index < -0.39 is 10.0 Å². The average molecular weight is 303 g/mol. The number of sulfonamides is 1. The molecule has 2 aromatic carbocycles. The van der Waals surface area contributed by atoms with Crippen molar-refractivity contribution in [1.29, 1.82) is 0 Å². The van der Waals surface area contributed by atoms with Gasteiger partial charge in [0.2, 0.25) is 0 Å². The smallest absolute Gasteiger partial charge is 0.261 e. The van der Waals surface area contributed by atoms with Crippen LogP contribution >= 0.6 is 0 Å². The molecule has 2 N–H and O–H groups in total. The van der Waals surface area contributed by atoms with Gasteiger partial charge in [0.15, 0.2) is 0 Å². The van der Waals surface area contributed by atoms with Gasteiger partial charge < -0.3 is 4.74 Å². The zero-order valence-electron chi connectivity index (χ0n) is 11.2. The van der Waals surface area contributed by atoms with Crippen LogP contribution in [0.15, 0.2) is 53.6 Å². The van der Waals surface area contributed by atoms with E-state index in [-0.39, 0.29) is 4.90 Å². The van der Waals surface area contributed by atoms with Gasteiger partial charge in [-0.15, -0.1) is 0 Å². The van der Waals surface area contributed by atoms with Crippen LogP contribution in [0.25, 0.3) is 10.9 Å². The summed E-state index contributed by atoms with van der Waals surface area (Å²) in [6.07, 6.45) is 1.64. The van der Waals surface area contributed by atoms with Crippen molar-refractivity contribution in [1.82, 2.24) is 10.2 Å². The van der Waals surface area contributed by atoms with E-state index in [0.717, 1.165) is 10.9 Å². The van der Waals surface area contributed by atoms with Gasteiger partial charge in [-0.25, -0.2) is 8.42 Å². The summed E-state index contributed by atoms with van der Waals surface area (Å²) >= 11 is 0. The van der Waals surface area contributed by atoms with Crippen LogP contribution in [0.3, 0.4) is 0 Å². The fourth-order valence-corrected chi connectivity index (χ4v) is 3.02. The van der Waals surface area contributed by atoms with Gasteiger partial charge in [-0.1, -0.05) is 0 Å². The van der Waals surface area contributed by atoms with Crippen LogP contribution in [0.1, 0.15) is 0 Å². The monoisotopic (exact) mass is 303 g/mol. The summed E-state index contributed by atoms with van der Waals surface area (Å²) in [4.78, 5) is 0.176. The van der Waals surface area contributed by atoms with Gasteiger partial charge in [0.25, 0.3) is 10.0 Å². The normalized spacial score (nSPS) is 11.5. The molecule has 3 rings (SSSR count). The number of rotatable bonds is 4. The maximum Gasteiger partial charge on any atom is 0.261 e. The van der Waals surface area contributed by atoms with E-state index in [1.165, 1.54) is 19.2 Å². The molecule has 1 aromatic heterocycles. The van der Waals surface area contributed by atoms with E-state index in [0.29, 0.717) is 11.4 Å². The van der Waals surface area contributed by atoms with Gasteiger partial charge in [-0.2, -0.15) is 5.10 Å². The highest BCUT2D eigenvalue weighted by atomic mass is 32.2. The number of fused-ring (bicyclic) bond motifs is 1. The molecule has 0 radical (unpaired) electrons. The molecule has 0 aliphatic carbocycles. The zero-order chi connectivity index (χ0) is 14.9. The molecule has 0 amide bonds. The number of hydrogen-bond acceptors (Lipinski definition) is 4. The molecule has 0 aliphatic heterocycles. The summed E-state index contributed by atoms with van der Waals surface area (Å²) in [6.45, 7) is 0. The van der Waals surface area contributed by atoms with Crippen molar-refractivity contribution >= 4 is 26.6 Å². The Morgan fingerprint density at radius 3 is 2.62 bits per heavy atom. The second-order valence-electron chi connectivity index (χ2n) is 4.45. The lowest BCUT2D eigenvalue weighted by atomic mass is 10.2. The summed E-state index contributed by atoms with van der Waals surface area (Å²) in [5.41, 5.74) is 1.34. The zero-order valence-corrected chi connectivity index (χ0v) is 12.0. The highest BCUT2D eigenvalue weighted by molar-refractivity contribution is 7.92. The average Bonchev–Trinajstić information content (AvgIpc) is 2.94. The van der Waals surface area contributed by atoms with Crippen molar-refractivity contribution in [3.8, 4) is 5.75 Å². The molecule has 21 heavy (non-hydrogen) atoms. The lowest BCUT2D eigenvalue weighted by Gasteiger charge is -2.08. The third-order valence-electron chi connectivity index (χ3n) is 3.06. The van der Waals surface area contributed by atoms with Gasteiger partial charge >= 0.3 is 0 Å². The van der Waals surface area contributed by atoms with Crippen molar-refractivity contribution in [3.05, 3.63) is 48.7 Å². The second kappa shape index (κ2) is 5.10. The van der Waals surface area contributed by atoms with Crippen LogP contribution in [0.5, 0.6) is 5.75 Å². The number of nitrogens with zero attached hydrogens (tertiary/aromatic N) is 1. The van der Waals surface area contributed by atoms with Crippen LogP contribution in [0, 0.1) is 0 Å². The van der Waals surface area contributed by atoms with Crippen molar-refractivity contribution in [2.45, 2.75) is 4.90 Å². The molecule has 0 saturated heterocycles. The number of anilines is 1. The van der Waals surface area contributed by atoms with Crippen molar-refractivity contribution < 1.29 is 13.2 Å². The van der Waals surface area contributed by atoms with Crippen LogP contribution < -0.4 is 9.46 Å². The summed E-state index contributed by atoms with van der Waals surface area (Å²) < 4.78 is 32.2. The quantitative estimate of drug-likeness (QED) is 0.775. The van der Waals surface area contributed by atoms with Crippen molar-refractivity contribution in [2.24, 2.45) is 0 Å². The Morgan fingerprint density at radius 2 is 1.90 bits per heavy atom. The second-order valence-corrected chi connectivity index (χ2v) is 6.14. The predicted octanol–water partition coefficient (Wildman–Crippen LogP) is 2.37. The maximum absolute atomic E-state index is 12.3. The fourth-order valence-electron chi connectivity index (χ4n) is 1.98. The van der Waals surface area contributed by atoms with Crippen LogP contribution in [-0.2, 0) is 10.0 Å². The summed E-state index contributed by atoms with van der Waals surface area (Å²) in [5.74, 6) is 0.605. The largest absolute Gasteiger partial charge is 0.497 e. The molecule has 3 aromatic rings. The van der Waals surface area contributed by atoms with Crippen LogP contribution in [0.2, 0.25) is 0 Å². The Morgan fingerprint density at radius 1 is 1.14 bits per heavy atom. The Bertz CT molecular complexity index is 870. The van der Waals surface area contributed by atoms with Crippen molar-refractivity contribution in [3.63, 3.8) is 0 Å². The minimum Gasteiger partial charge on any atom is -0.497 e. The molecular weight excluding hydrogens is 290 g/mol. The minimum atomic E-state index is -3.63. The standard InChI is InChI=1S/C14H13N3O3S/c1-20-12-3-5-13(6-4-12)21(18,19)17-11-2-7-14-10(8-11)9-15-16-14/h2-9,17H,1H3,(H,15,16). The minimum absolute atomic E-state index is 0.176. The first-order valence-corrected chi connectivity index (χ1v) is 7.67. The number of methoxy groups -OCH3 is 1. The number of benzene rings is 2. The van der Waals surface area contributed by atoms with Crippen LogP contribution in [-0.4, -0.2) is 25.7 Å². The number of hydrogen-bond donors (Lipinski definition) is 2.